The van der Waals surface area contributed by atoms with E-state index in [4.69, 9.17) is 0 Å². The monoisotopic (exact) mass is 1380 g/mol. The molecule has 4 heterocycles. The van der Waals surface area contributed by atoms with E-state index in [0.29, 0.717) is 26.2 Å². The van der Waals surface area contributed by atoms with Gasteiger partial charge >= 0.3 is 24.1 Å². The number of carbonyl (C=O) groups is 4. The van der Waals surface area contributed by atoms with Gasteiger partial charge in [0, 0.05) is 74.5 Å². The van der Waals surface area contributed by atoms with Crippen molar-refractivity contribution in [3.63, 3.8) is 0 Å². The summed E-state index contributed by atoms with van der Waals surface area (Å²) >= 11 is 6.74. The van der Waals surface area contributed by atoms with Crippen molar-refractivity contribution in [2.45, 2.75) is 127 Å². The number of thiophene rings is 4. The molecule has 0 aliphatic heterocycles. The van der Waals surface area contributed by atoms with Crippen LogP contribution in [0.15, 0.2) is 189 Å². The molecule has 0 saturated carbocycles. The topological polar surface area (TPSA) is 177 Å². The van der Waals surface area contributed by atoms with E-state index < -0.39 is 0 Å². The summed E-state index contributed by atoms with van der Waals surface area (Å²) in [4.78, 5) is 57.1. The summed E-state index contributed by atoms with van der Waals surface area (Å²) < 4.78 is 0. The molecule has 0 aliphatic rings. The molecule has 4 unspecified atom stereocenters. The maximum absolute atomic E-state index is 12.1. The Kier molecular flexibility index (Phi) is 37.3. The molecule has 8 aromatic rings. The molecule has 8 amide bonds. The second-order valence-electron chi connectivity index (χ2n) is 25.6. The van der Waals surface area contributed by atoms with E-state index in [1.165, 1.54) is 44.5 Å². The van der Waals surface area contributed by atoms with Crippen molar-refractivity contribution in [1.29, 1.82) is 0 Å². The molecule has 16 nitrogen and oxygen atoms in total. The molecule has 0 radical (unpaired) electrons. The number of hydrogen-bond donors (Lipinski definition) is 8. The van der Waals surface area contributed by atoms with E-state index >= 15 is 0 Å². The zero-order valence-corrected chi connectivity index (χ0v) is 61.9. The largest absolute Gasteiger partial charge is 0.337 e. The molecule has 0 fully saturated rings. The quantitative estimate of drug-likeness (QED) is 0.0205. The fraction of sp³-hybridized carbons (Fsp3) is 0.421. The predicted octanol–water partition coefficient (Wildman–Crippen LogP) is 12.6. The highest BCUT2D eigenvalue weighted by Gasteiger charge is 2.20. The molecular weight excluding hydrogens is 1270 g/mol. The number of amides is 8. The number of benzene rings is 4. The highest BCUT2D eigenvalue weighted by molar-refractivity contribution is 7.08. The van der Waals surface area contributed by atoms with Crippen molar-refractivity contribution in [3.8, 4) is 0 Å². The zero-order chi connectivity index (χ0) is 69.5. The SMILES string of the molecule is CC(Cc1ccsc1)NC(=O)NCC(Cc1ccccc1)N(C)C.CC(Cc1ccsc1)NC(=O)NC[C@H](Cc1ccccc1)N(C)C.C[C@@H](Cc1ccsc1)NC(=O)NCC(Cc1ccccc1)N(C)C.C[C@@H](Cc1ccsc1)NC(=O)NC[C@H](Cc1ccccc1)N(C)C. The molecule has 520 valence electrons. The van der Waals surface area contributed by atoms with Crippen LogP contribution in [0.25, 0.3) is 0 Å². The first-order valence-corrected chi connectivity index (χ1v) is 37.0. The van der Waals surface area contributed by atoms with E-state index in [1.807, 2.05) is 157 Å². The second-order valence-corrected chi connectivity index (χ2v) is 28.7. The van der Waals surface area contributed by atoms with Gasteiger partial charge in [-0.05, 0) is 247 Å². The van der Waals surface area contributed by atoms with Gasteiger partial charge in [-0.15, -0.1) is 0 Å². The van der Waals surface area contributed by atoms with Gasteiger partial charge in [-0.1, -0.05) is 121 Å². The van der Waals surface area contributed by atoms with E-state index in [2.05, 4.69) is 178 Å². The van der Waals surface area contributed by atoms with Crippen LogP contribution in [-0.2, 0) is 51.4 Å². The Morgan fingerprint density at radius 3 is 0.625 bits per heavy atom. The third-order valence-electron chi connectivity index (χ3n) is 16.2. The molecule has 0 spiro atoms. The van der Waals surface area contributed by atoms with Crippen molar-refractivity contribution in [1.82, 2.24) is 62.1 Å². The fourth-order valence-corrected chi connectivity index (χ4v) is 13.2. The highest BCUT2D eigenvalue weighted by atomic mass is 32.1. The molecular formula is C76H108N12O4S4. The minimum absolute atomic E-state index is 0.0994. The van der Waals surface area contributed by atoms with Crippen molar-refractivity contribution in [3.05, 3.63) is 233 Å². The van der Waals surface area contributed by atoms with Crippen molar-refractivity contribution < 1.29 is 19.2 Å². The lowest BCUT2D eigenvalue weighted by atomic mass is 10.1. The minimum atomic E-state index is -0.0994. The van der Waals surface area contributed by atoms with Crippen LogP contribution in [0.4, 0.5) is 19.2 Å². The molecule has 0 bridgehead atoms. The Hall–Kier alpha value is -7.40. The Bertz CT molecular complexity index is 2830. The smallest absolute Gasteiger partial charge is 0.315 e. The van der Waals surface area contributed by atoms with Crippen LogP contribution in [-0.4, -0.2) is 175 Å². The normalized spacial score (nSPS) is 13.5. The van der Waals surface area contributed by atoms with Crippen LogP contribution < -0.4 is 42.5 Å². The van der Waals surface area contributed by atoms with Crippen LogP contribution in [0.2, 0.25) is 0 Å². The predicted molar refractivity (Wildman–Crippen MR) is 407 cm³/mol. The van der Waals surface area contributed by atoms with Crippen LogP contribution in [0.1, 0.15) is 72.2 Å². The number of nitrogens with zero attached hydrogens (tertiary/aromatic N) is 4. The van der Waals surface area contributed by atoms with Crippen LogP contribution >= 0.6 is 45.3 Å². The van der Waals surface area contributed by atoms with Crippen molar-refractivity contribution in [2.24, 2.45) is 0 Å². The Balaban J connectivity index is 0.000000231. The maximum Gasteiger partial charge on any atom is 0.315 e. The fourth-order valence-electron chi connectivity index (χ4n) is 10.5. The number of rotatable bonds is 32. The average molecular weight is 1380 g/mol. The first-order valence-electron chi connectivity index (χ1n) is 33.2. The van der Waals surface area contributed by atoms with Gasteiger partial charge in [-0.25, -0.2) is 19.2 Å². The number of likely N-dealkylation sites (N-methyl/N-ethyl adjacent to an activating group) is 4. The number of hydrogen-bond acceptors (Lipinski definition) is 12. The lowest BCUT2D eigenvalue weighted by Gasteiger charge is -2.25. The van der Waals surface area contributed by atoms with E-state index in [0.717, 1.165) is 51.4 Å². The lowest BCUT2D eigenvalue weighted by molar-refractivity contribution is 0.228. The molecule has 96 heavy (non-hydrogen) atoms. The molecule has 8 rings (SSSR count). The molecule has 4 aromatic heterocycles. The highest BCUT2D eigenvalue weighted by Crippen LogP contribution is 2.14. The molecule has 20 heteroatoms. The maximum atomic E-state index is 12.1. The number of urea groups is 4. The number of carbonyl (C=O) groups excluding carboxylic acids is 4. The van der Waals surface area contributed by atoms with Gasteiger partial charge in [-0.3, -0.25) is 0 Å². The van der Waals surface area contributed by atoms with Crippen LogP contribution in [0, 0.1) is 0 Å². The molecule has 8 N–H and O–H groups in total. The van der Waals surface area contributed by atoms with E-state index in [1.54, 1.807) is 45.3 Å². The first-order chi connectivity index (χ1) is 46.2. The summed E-state index contributed by atoms with van der Waals surface area (Å²) in [7, 11) is 16.4. The summed E-state index contributed by atoms with van der Waals surface area (Å²) in [6, 6.07) is 51.0. The van der Waals surface area contributed by atoms with Gasteiger partial charge in [0.15, 0.2) is 0 Å². The van der Waals surface area contributed by atoms with E-state index in [9.17, 15) is 19.2 Å². The molecule has 0 aliphatic carbocycles. The lowest BCUT2D eigenvalue weighted by Crippen LogP contribution is -2.47. The molecule has 8 atom stereocenters. The van der Waals surface area contributed by atoms with Crippen LogP contribution in [0.5, 0.6) is 0 Å². The Morgan fingerprint density at radius 2 is 0.469 bits per heavy atom. The van der Waals surface area contributed by atoms with Gasteiger partial charge in [0.2, 0.25) is 0 Å². The second kappa shape index (κ2) is 45.2. The molecule has 0 saturated heterocycles. The van der Waals surface area contributed by atoms with Crippen molar-refractivity contribution in [2.75, 3.05) is 82.6 Å². The summed E-state index contributed by atoms with van der Waals surface area (Å²) in [5.41, 5.74) is 10.2. The molecule has 4 aromatic carbocycles. The van der Waals surface area contributed by atoms with Gasteiger partial charge in [-0.2, -0.15) is 45.3 Å². The summed E-state index contributed by atoms with van der Waals surface area (Å²) in [6.07, 6.45) is 7.10. The van der Waals surface area contributed by atoms with Crippen LogP contribution in [0.3, 0.4) is 0 Å². The first kappa shape index (κ1) is 79.3. The summed E-state index contributed by atoms with van der Waals surface area (Å²) in [6.45, 7) is 10.6. The van der Waals surface area contributed by atoms with E-state index in [-0.39, 0.29) is 72.5 Å². The average Bonchev–Trinajstić information content (AvgIpc) is 2.31. The zero-order valence-electron chi connectivity index (χ0n) is 58.6. The Morgan fingerprint density at radius 1 is 0.281 bits per heavy atom. The Labute approximate surface area is 590 Å². The van der Waals surface area contributed by atoms with Gasteiger partial charge in [0.25, 0.3) is 0 Å². The summed E-state index contributed by atoms with van der Waals surface area (Å²) in [5.74, 6) is 0. The van der Waals surface area contributed by atoms with Gasteiger partial charge in [0.1, 0.15) is 0 Å². The standard InChI is InChI=1S/4C19H27N3OS/c4*1-15(11-17-9-10-24-14-17)21-19(23)20-13-18(22(2)3)12-16-7-5-4-6-8-16/h4*4-10,14-15,18H,11-13H2,1-3H3,(H2,20,21,23)/t15?,18-;15-,18?;15-,18-;/m000./s1. The van der Waals surface area contributed by atoms with Gasteiger partial charge in [0.05, 0.1) is 0 Å². The summed E-state index contributed by atoms with van der Waals surface area (Å²) in [5, 5.41) is 40.8. The number of nitrogens with one attached hydrogen (secondary N) is 8. The van der Waals surface area contributed by atoms with Crippen molar-refractivity contribution >= 4 is 69.5 Å². The third kappa shape index (κ3) is 34.0. The van der Waals surface area contributed by atoms with Gasteiger partial charge < -0.3 is 62.1 Å². The third-order valence-corrected chi connectivity index (χ3v) is 19.1. The minimum Gasteiger partial charge on any atom is -0.337 e.